The number of benzene rings is 2. The predicted octanol–water partition coefficient (Wildman–Crippen LogP) is 2.01. The maximum Gasteiger partial charge on any atom is 0.343 e. The largest absolute Gasteiger partial charge is 0.504 e. The van der Waals surface area contributed by atoms with Gasteiger partial charge in [0.05, 0.1) is 5.56 Å². The van der Waals surface area contributed by atoms with Crippen molar-refractivity contribution in [1.82, 2.24) is 4.98 Å². The molecule has 124 valence electrons. The highest BCUT2D eigenvalue weighted by atomic mass is 16.5. The molecule has 0 aliphatic carbocycles. The number of aromatic nitrogens is 1. The van der Waals surface area contributed by atoms with E-state index in [1.807, 2.05) is 6.20 Å². The van der Waals surface area contributed by atoms with Crippen molar-refractivity contribution < 1.29 is 24.9 Å². The predicted molar refractivity (Wildman–Crippen MR) is 87.5 cm³/mol. The molecule has 7 heteroatoms. The minimum atomic E-state index is -0.768. The summed E-state index contributed by atoms with van der Waals surface area (Å²) in [7, 11) is 0. The summed E-state index contributed by atoms with van der Waals surface area (Å²) >= 11 is 0. The van der Waals surface area contributed by atoms with Gasteiger partial charge in [-0.15, -0.1) is 0 Å². The van der Waals surface area contributed by atoms with Gasteiger partial charge in [-0.3, -0.25) is 0 Å². The molecule has 1 aromatic heterocycles. The summed E-state index contributed by atoms with van der Waals surface area (Å²) < 4.78 is 5.27. The van der Waals surface area contributed by atoms with Crippen molar-refractivity contribution in [2.24, 2.45) is 5.73 Å². The Balaban J connectivity index is 1.89. The second-order valence-corrected chi connectivity index (χ2v) is 5.31. The van der Waals surface area contributed by atoms with Gasteiger partial charge in [0.2, 0.25) is 0 Å². The van der Waals surface area contributed by atoms with Gasteiger partial charge in [-0.25, -0.2) is 4.79 Å². The number of aromatic hydroxyl groups is 3. The molecule has 0 aliphatic rings. The maximum atomic E-state index is 12.2. The van der Waals surface area contributed by atoms with Gasteiger partial charge in [0, 0.05) is 17.1 Å². The molecule has 24 heavy (non-hydrogen) atoms. The molecule has 0 atom stereocenters. The quantitative estimate of drug-likeness (QED) is 0.283. The Kier molecular flexibility index (Phi) is 4.01. The Morgan fingerprint density at radius 2 is 1.83 bits per heavy atom. The molecule has 0 amide bonds. The van der Waals surface area contributed by atoms with Crippen LogP contribution in [0.2, 0.25) is 0 Å². The Hall–Kier alpha value is -3.19. The van der Waals surface area contributed by atoms with E-state index in [2.05, 4.69) is 4.98 Å². The number of phenols is 3. The number of rotatable bonds is 4. The van der Waals surface area contributed by atoms with Crippen LogP contribution in [0.1, 0.15) is 15.9 Å². The van der Waals surface area contributed by atoms with Crippen LogP contribution < -0.4 is 10.5 Å². The van der Waals surface area contributed by atoms with Crippen LogP contribution in [0, 0.1) is 0 Å². The molecule has 6 N–H and O–H groups in total. The summed E-state index contributed by atoms with van der Waals surface area (Å²) in [6, 6.07) is 7.17. The number of carbonyl (C=O) groups excluding carboxylic acids is 1. The zero-order valence-electron chi connectivity index (χ0n) is 12.6. The number of carbonyl (C=O) groups is 1. The average molecular weight is 328 g/mol. The van der Waals surface area contributed by atoms with E-state index in [0.717, 1.165) is 28.6 Å². The van der Waals surface area contributed by atoms with E-state index in [0.29, 0.717) is 18.7 Å². The van der Waals surface area contributed by atoms with E-state index < -0.39 is 23.2 Å². The lowest BCUT2D eigenvalue weighted by Crippen LogP contribution is -2.08. The summed E-state index contributed by atoms with van der Waals surface area (Å²) in [5, 5.41) is 29.2. The Bertz CT molecular complexity index is 893. The van der Waals surface area contributed by atoms with E-state index >= 15 is 0 Å². The molecule has 1 heterocycles. The molecule has 2 aromatic carbocycles. The van der Waals surface area contributed by atoms with Crippen molar-refractivity contribution in [1.29, 1.82) is 0 Å². The molecule has 0 aliphatic heterocycles. The Morgan fingerprint density at radius 1 is 1.12 bits per heavy atom. The van der Waals surface area contributed by atoms with Crippen molar-refractivity contribution in [2.45, 2.75) is 6.42 Å². The van der Waals surface area contributed by atoms with Gasteiger partial charge in [0.1, 0.15) is 5.75 Å². The number of aromatic amines is 1. The number of fused-ring (bicyclic) bond motifs is 1. The first-order valence-electron chi connectivity index (χ1n) is 7.27. The van der Waals surface area contributed by atoms with Gasteiger partial charge < -0.3 is 30.8 Å². The fourth-order valence-corrected chi connectivity index (χ4v) is 2.47. The molecule has 0 saturated heterocycles. The third-order valence-electron chi connectivity index (χ3n) is 3.67. The zero-order valence-corrected chi connectivity index (χ0v) is 12.6. The third-order valence-corrected chi connectivity index (χ3v) is 3.67. The molecule has 0 radical (unpaired) electrons. The lowest BCUT2D eigenvalue weighted by Gasteiger charge is -2.07. The van der Waals surface area contributed by atoms with Crippen molar-refractivity contribution in [3.8, 4) is 23.0 Å². The number of nitrogens with one attached hydrogen (secondary N) is 1. The van der Waals surface area contributed by atoms with Crippen molar-refractivity contribution in [2.75, 3.05) is 6.54 Å². The average Bonchev–Trinajstić information content (AvgIpc) is 2.95. The zero-order chi connectivity index (χ0) is 17.3. The number of H-pyrrole nitrogens is 1. The maximum absolute atomic E-state index is 12.2. The van der Waals surface area contributed by atoms with Crippen LogP contribution in [0.15, 0.2) is 36.5 Å². The number of esters is 1. The highest BCUT2D eigenvalue weighted by Crippen LogP contribution is 2.35. The second-order valence-electron chi connectivity index (χ2n) is 5.31. The monoisotopic (exact) mass is 328 g/mol. The number of ether oxygens (including phenoxy) is 1. The normalized spacial score (nSPS) is 10.9. The smallest absolute Gasteiger partial charge is 0.343 e. The summed E-state index contributed by atoms with van der Waals surface area (Å²) in [4.78, 5) is 15.3. The molecule has 0 fully saturated rings. The van der Waals surface area contributed by atoms with Crippen molar-refractivity contribution >= 4 is 16.9 Å². The molecular formula is C17H16N2O5. The number of phenolic OH excluding ortho intramolecular Hbond substituents is 3. The van der Waals surface area contributed by atoms with Crippen LogP contribution in [-0.2, 0) is 6.42 Å². The van der Waals surface area contributed by atoms with E-state index in [1.54, 1.807) is 18.2 Å². The van der Waals surface area contributed by atoms with Gasteiger partial charge in [-0.1, -0.05) is 0 Å². The number of hydrogen-bond donors (Lipinski definition) is 5. The van der Waals surface area contributed by atoms with Crippen LogP contribution in [-0.4, -0.2) is 32.8 Å². The minimum absolute atomic E-state index is 0.0841. The van der Waals surface area contributed by atoms with Gasteiger partial charge in [-0.05, 0) is 48.9 Å². The van der Waals surface area contributed by atoms with E-state index in [4.69, 9.17) is 10.5 Å². The number of nitrogens with two attached hydrogens (primary N) is 1. The lowest BCUT2D eigenvalue weighted by atomic mass is 10.1. The van der Waals surface area contributed by atoms with Crippen LogP contribution in [0.4, 0.5) is 0 Å². The van der Waals surface area contributed by atoms with Crippen LogP contribution in [0.5, 0.6) is 23.0 Å². The van der Waals surface area contributed by atoms with Gasteiger partial charge in [-0.2, -0.15) is 0 Å². The third kappa shape index (κ3) is 2.84. The fraction of sp³-hybridized carbons (Fsp3) is 0.118. The first kappa shape index (κ1) is 15.7. The molecule has 0 saturated carbocycles. The SMILES string of the molecule is NCCc1c[nH]c2ccc(OC(=O)c3cc(O)c(O)c(O)c3)cc12. The van der Waals surface area contributed by atoms with Crippen LogP contribution in [0.3, 0.4) is 0 Å². The van der Waals surface area contributed by atoms with Gasteiger partial charge >= 0.3 is 5.97 Å². The summed E-state index contributed by atoms with van der Waals surface area (Å²) in [6.45, 7) is 0.503. The molecular weight excluding hydrogens is 312 g/mol. The standard InChI is InChI=1S/C17H16N2O5/c18-4-3-9-8-19-13-2-1-11(7-12(9)13)24-17(23)10-5-14(20)16(22)15(21)6-10/h1-2,5-8,19-22H,3-4,18H2. The minimum Gasteiger partial charge on any atom is -0.504 e. The first-order chi connectivity index (χ1) is 11.5. The highest BCUT2D eigenvalue weighted by molar-refractivity contribution is 5.93. The Labute approximate surface area is 136 Å². The van der Waals surface area contributed by atoms with Crippen molar-refractivity contribution in [3.05, 3.63) is 47.7 Å². The summed E-state index contributed by atoms with van der Waals surface area (Å²) in [5.74, 6) is -2.35. The first-order valence-corrected chi connectivity index (χ1v) is 7.27. The van der Waals surface area contributed by atoms with Crippen LogP contribution >= 0.6 is 0 Å². The summed E-state index contributed by atoms with van der Waals surface area (Å²) in [6.07, 6.45) is 2.55. The Morgan fingerprint density at radius 3 is 2.50 bits per heavy atom. The van der Waals surface area contributed by atoms with E-state index in [1.165, 1.54) is 0 Å². The van der Waals surface area contributed by atoms with Gasteiger partial charge in [0.15, 0.2) is 17.2 Å². The highest BCUT2D eigenvalue weighted by Gasteiger charge is 2.16. The molecule has 7 nitrogen and oxygen atoms in total. The second kappa shape index (κ2) is 6.13. The molecule has 0 spiro atoms. The lowest BCUT2D eigenvalue weighted by molar-refractivity contribution is 0.0734. The molecule has 3 rings (SSSR count). The topological polar surface area (TPSA) is 129 Å². The fourth-order valence-electron chi connectivity index (χ4n) is 2.47. The summed E-state index contributed by atoms with van der Waals surface area (Å²) in [5.41, 5.74) is 7.41. The number of hydrogen-bond acceptors (Lipinski definition) is 6. The van der Waals surface area contributed by atoms with Crippen molar-refractivity contribution in [3.63, 3.8) is 0 Å². The molecule has 0 unspecified atom stereocenters. The van der Waals surface area contributed by atoms with E-state index in [9.17, 15) is 20.1 Å². The molecule has 0 bridgehead atoms. The molecule has 3 aromatic rings. The van der Waals surface area contributed by atoms with E-state index in [-0.39, 0.29) is 5.56 Å². The van der Waals surface area contributed by atoms with Crippen LogP contribution in [0.25, 0.3) is 10.9 Å². The van der Waals surface area contributed by atoms with Gasteiger partial charge in [0.25, 0.3) is 0 Å².